The van der Waals surface area contributed by atoms with E-state index in [0.29, 0.717) is 24.1 Å². The lowest BCUT2D eigenvalue weighted by atomic mass is 9.96. The molecule has 8 atom stereocenters. The summed E-state index contributed by atoms with van der Waals surface area (Å²) in [5, 5.41) is 0. The number of hydrogen-bond donors (Lipinski definition) is 1. The van der Waals surface area contributed by atoms with Gasteiger partial charge in [-0.2, -0.15) is 0 Å². The standard InChI is InChI=1S/C33H50N4O9/c1-11-18(3)26-32(42)45-21(6)28(38)35(8)20(5)31(41)44-22(7)29(39)36(9)27(19(4)12-2)33(43)46-25(30(40)37(26)10)17-23-14-13-15-24(34)16-23/h13-16,18-22,25-27H,11-12,17,34H2,1-10H3/t18-,19-,20+,21-,22-,25-,26+,27+/m1/s1. The van der Waals surface area contributed by atoms with Gasteiger partial charge in [0, 0.05) is 33.3 Å². The molecule has 1 aromatic rings. The molecule has 0 spiro atoms. The fourth-order valence-corrected chi connectivity index (χ4v) is 5.36. The van der Waals surface area contributed by atoms with Gasteiger partial charge in [-0.1, -0.05) is 52.7 Å². The molecule has 256 valence electrons. The smallest absolute Gasteiger partial charge is 0.329 e. The summed E-state index contributed by atoms with van der Waals surface area (Å²) >= 11 is 0. The lowest BCUT2D eigenvalue weighted by molar-refractivity contribution is -0.177. The SMILES string of the molecule is CC[C@@H](C)[C@H]1C(=O)O[C@H](Cc2cccc(N)c2)C(=O)N(C)[C@@H]([C@H](C)CC)C(=O)O[C@H](C)C(=O)N(C)[C@@H](C)C(=O)O[C@H](C)C(=O)N1C. The molecule has 0 saturated carbocycles. The Bertz CT molecular complexity index is 1280. The van der Waals surface area contributed by atoms with Crippen LogP contribution in [0.15, 0.2) is 24.3 Å². The zero-order chi connectivity index (χ0) is 35.0. The number of hydrogen-bond acceptors (Lipinski definition) is 10. The van der Waals surface area contributed by atoms with Crippen molar-refractivity contribution in [3.8, 4) is 0 Å². The number of nitrogens with zero attached hydrogens (tertiary/aromatic N) is 3. The fourth-order valence-electron chi connectivity index (χ4n) is 5.36. The average molecular weight is 647 g/mol. The van der Waals surface area contributed by atoms with Crippen LogP contribution in [0.4, 0.5) is 5.69 Å². The van der Waals surface area contributed by atoms with Crippen LogP contribution in [0.1, 0.15) is 66.9 Å². The van der Waals surface area contributed by atoms with Crippen molar-refractivity contribution in [3.05, 3.63) is 29.8 Å². The predicted octanol–water partition coefficient (Wildman–Crippen LogP) is 2.19. The molecule has 13 nitrogen and oxygen atoms in total. The summed E-state index contributed by atoms with van der Waals surface area (Å²) in [7, 11) is 4.17. The average Bonchev–Trinajstić information content (AvgIpc) is 3.01. The largest absolute Gasteiger partial charge is 0.451 e. The molecule has 0 unspecified atom stereocenters. The Morgan fingerprint density at radius 3 is 1.65 bits per heavy atom. The second kappa shape index (κ2) is 16.4. The van der Waals surface area contributed by atoms with Crippen LogP contribution >= 0.6 is 0 Å². The number of nitrogens with two attached hydrogens (primary N) is 1. The van der Waals surface area contributed by atoms with E-state index in [1.165, 1.54) is 46.8 Å². The minimum atomic E-state index is -1.41. The number of esters is 3. The third-order valence-electron chi connectivity index (χ3n) is 8.84. The Kier molecular flexibility index (Phi) is 13.6. The molecule has 0 bridgehead atoms. The molecule has 46 heavy (non-hydrogen) atoms. The van der Waals surface area contributed by atoms with Crippen LogP contribution in [0.3, 0.4) is 0 Å². The predicted molar refractivity (Wildman–Crippen MR) is 170 cm³/mol. The van der Waals surface area contributed by atoms with Gasteiger partial charge in [0.1, 0.15) is 18.1 Å². The zero-order valence-electron chi connectivity index (χ0n) is 28.6. The van der Waals surface area contributed by atoms with E-state index in [1.807, 2.05) is 13.8 Å². The van der Waals surface area contributed by atoms with Gasteiger partial charge in [0.05, 0.1) is 0 Å². The van der Waals surface area contributed by atoms with E-state index in [0.717, 1.165) is 9.80 Å². The normalized spacial score (nSPS) is 27.7. The second-order valence-corrected chi connectivity index (χ2v) is 12.2. The van der Waals surface area contributed by atoms with E-state index in [4.69, 9.17) is 19.9 Å². The van der Waals surface area contributed by atoms with E-state index >= 15 is 0 Å². The van der Waals surface area contributed by atoms with Gasteiger partial charge in [-0.05, 0) is 50.3 Å². The highest BCUT2D eigenvalue weighted by Gasteiger charge is 2.42. The van der Waals surface area contributed by atoms with Crippen molar-refractivity contribution < 1.29 is 43.0 Å². The number of carbonyl (C=O) groups is 6. The summed E-state index contributed by atoms with van der Waals surface area (Å²) in [6.07, 6.45) is -3.16. The van der Waals surface area contributed by atoms with Crippen LogP contribution < -0.4 is 5.73 Å². The molecule has 0 aliphatic carbocycles. The first kappa shape index (κ1) is 38.0. The number of amides is 3. The molecule has 0 radical (unpaired) electrons. The van der Waals surface area contributed by atoms with Crippen LogP contribution in [0, 0.1) is 11.8 Å². The van der Waals surface area contributed by atoms with Crippen LogP contribution in [-0.4, -0.2) is 108 Å². The number of nitrogen functional groups attached to an aromatic ring is 1. The maximum absolute atomic E-state index is 14.2. The van der Waals surface area contributed by atoms with Gasteiger partial charge in [0.2, 0.25) is 0 Å². The number of cyclic esters (lactones) is 3. The summed E-state index contributed by atoms with van der Waals surface area (Å²) in [6, 6.07) is 3.34. The molecular weight excluding hydrogens is 596 g/mol. The Hall–Kier alpha value is -4.16. The Morgan fingerprint density at radius 1 is 0.696 bits per heavy atom. The summed E-state index contributed by atoms with van der Waals surface area (Å²) in [5.74, 6) is -5.40. The van der Waals surface area contributed by atoms with Crippen LogP contribution in [0.2, 0.25) is 0 Å². The highest BCUT2D eigenvalue weighted by molar-refractivity contribution is 5.93. The molecule has 3 amide bonds. The van der Waals surface area contributed by atoms with Crippen LogP contribution in [-0.2, 0) is 49.4 Å². The molecule has 1 aliphatic heterocycles. The molecule has 1 aliphatic rings. The third-order valence-corrected chi connectivity index (χ3v) is 8.84. The maximum Gasteiger partial charge on any atom is 0.329 e. The Morgan fingerprint density at radius 2 is 1.15 bits per heavy atom. The first-order valence-electron chi connectivity index (χ1n) is 15.7. The highest BCUT2D eigenvalue weighted by atomic mass is 16.6. The number of carbonyl (C=O) groups excluding carboxylic acids is 6. The molecule has 0 aromatic heterocycles. The van der Waals surface area contributed by atoms with Gasteiger partial charge in [0.15, 0.2) is 18.3 Å². The van der Waals surface area contributed by atoms with Gasteiger partial charge in [0.25, 0.3) is 17.7 Å². The van der Waals surface area contributed by atoms with Crippen molar-refractivity contribution in [2.45, 2.75) is 104 Å². The molecule has 1 aromatic carbocycles. The number of rotatable bonds is 6. The van der Waals surface area contributed by atoms with Crippen molar-refractivity contribution in [1.29, 1.82) is 0 Å². The van der Waals surface area contributed by atoms with E-state index in [9.17, 15) is 28.8 Å². The topological polar surface area (TPSA) is 166 Å². The van der Waals surface area contributed by atoms with E-state index < -0.39 is 83.9 Å². The minimum Gasteiger partial charge on any atom is -0.451 e. The minimum absolute atomic E-state index is 0.0707. The summed E-state index contributed by atoms with van der Waals surface area (Å²) in [4.78, 5) is 84.8. The Labute approximate surface area is 271 Å². The first-order valence-corrected chi connectivity index (χ1v) is 15.7. The number of ether oxygens (including phenoxy) is 3. The first-order chi connectivity index (χ1) is 21.5. The number of likely N-dealkylation sites (N-methyl/N-ethyl adjacent to an activating group) is 3. The zero-order valence-corrected chi connectivity index (χ0v) is 28.6. The quantitative estimate of drug-likeness (QED) is 0.275. The van der Waals surface area contributed by atoms with Gasteiger partial charge >= 0.3 is 17.9 Å². The van der Waals surface area contributed by atoms with Crippen molar-refractivity contribution >= 4 is 41.3 Å². The molecule has 1 fully saturated rings. The lowest BCUT2D eigenvalue weighted by Gasteiger charge is -2.36. The van der Waals surface area contributed by atoms with Crippen LogP contribution in [0.25, 0.3) is 0 Å². The number of benzene rings is 1. The van der Waals surface area contributed by atoms with E-state index in [-0.39, 0.29) is 6.42 Å². The molecule has 1 heterocycles. The molecule has 2 rings (SSSR count). The van der Waals surface area contributed by atoms with Crippen molar-refractivity contribution in [1.82, 2.24) is 14.7 Å². The van der Waals surface area contributed by atoms with Crippen molar-refractivity contribution in [3.63, 3.8) is 0 Å². The summed E-state index contributed by atoms with van der Waals surface area (Å²) < 4.78 is 16.9. The fraction of sp³-hybridized carbons (Fsp3) is 0.636. The molecular formula is C33H50N4O9. The number of anilines is 1. The van der Waals surface area contributed by atoms with E-state index in [1.54, 1.807) is 38.1 Å². The van der Waals surface area contributed by atoms with Crippen LogP contribution in [0.5, 0.6) is 0 Å². The van der Waals surface area contributed by atoms with Crippen molar-refractivity contribution in [2.75, 3.05) is 26.9 Å². The van der Waals surface area contributed by atoms with Gasteiger partial charge < -0.3 is 34.6 Å². The summed E-state index contributed by atoms with van der Waals surface area (Å²) in [6.45, 7) is 11.4. The molecule has 2 N–H and O–H groups in total. The lowest BCUT2D eigenvalue weighted by Crippen LogP contribution is -2.56. The second-order valence-electron chi connectivity index (χ2n) is 12.2. The third kappa shape index (κ3) is 8.97. The highest BCUT2D eigenvalue weighted by Crippen LogP contribution is 2.23. The summed E-state index contributed by atoms with van der Waals surface area (Å²) in [5.41, 5.74) is 7.02. The van der Waals surface area contributed by atoms with E-state index in [2.05, 4.69) is 0 Å². The van der Waals surface area contributed by atoms with Crippen molar-refractivity contribution in [2.24, 2.45) is 11.8 Å². The van der Waals surface area contributed by atoms with Gasteiger partial charge in [-0.15, -0.1) is 0 Å². The maximum atomic E-state index is 14.2. The van der Waals surface area contributed by atoms with Gasteiger partial charge in [-0.3, -0.25) is 14.4 Å². The Balaban J connectivity index is 2.70. The van der Waals surface area contributed by atoms with Gasteiger partial charge in [-0.25, -0.2) is 14.4 Å². The molecule has 1 saturated heterocycles. The molecule has 13 heteroatoms. The monoisotopic (exact) mass is 646 g/mol.